The fourth-order valence-electron chi connectivity index (χ4n) is 9.70. The zero-order valence-electron chi connectivity index (χ0n) is 55.8. The molecule has 0 saturated carbocycles. The van der Waals surface area contributed by atoms with Gasteiger partial charge < -0.3 is 28.4 Å². The van der Waals surface area contributed by atoms with Crippen LogP contribution >= 0.6 is 0 Å². The Labute approximate surface area is 514 Å². The molecular weight excluding hydrogens is 1100 g/mol. The number of rotatable bonds is 17. The number of nitrogens with zero attached hydrogens (tertiary/aromatic N) is 10. The lowest BCUT2D eigenvalue weighted by atomic mass is 10.1. The fourth-order valence-corrected chi connectivity index (χ4v) is 9.70. The molecule has 0 bridgehead atoms. The van der Waals surface area contributed by atoms with Gasteiger partial charge in [0.05, 0.1) is 50.7 Å². The standard InChI is InChI=1S/C64H108N10O12/c1-59(2,3)81-53(75)43-69-27-23-67(24-28-70(44-54(76)82-60(4,5)6)32-36-73(35-31-69)47-57(79)85-63(13,14)15)41-49-19-21-65-51(39-49)52-40-50(20-22-66-52)42-68-25-29-71(45-55(77)83-61(7,8)9)33-37-74(48-58(80)86-64(16,17)18)38-34-72(30-26-68)46-56(78)84-62(10,11)12/h19-22,39-40H,23-38,41-48H2,1-18H3. The number of hydrogen-bond donors (Lipinski definition) is 0. The van der Waals surface area contributed by atoms with Crippen molar-refractivity contribution < 1.29 is 57.2 Å². The fraction of sp³-hybridized carbons (Fsp3) is 0.750. The Morgan fingerprint density at radius 1 is 0.302 bits per heavy atom. The first-order chi connectivity index (χ1) is 39.7. The maximum atomic E-state index is 13.4. The van der Waals surface area contributed by atoms with Crippen LogP contribution in [-0.2, 0) is 70.3 Å². The van der Waals surface area contributed by atoms with Crippen LogP contribution in [0.3, 0.4) is 0 Å². The number of carbonyl (C=O) groups excluding carboxylic acids is 6. The summed E-state index contributed by atoms with van der Waals surface area (Å²) in [5.41, 5.74) is -0.588. The maximum absolute atomic E-state index is 13.4. The lowest BCUT2D eigenvalue weighted by Crippen LogP contribution is -2.49. The minimum absolute atomic E-state index is 0.0522. The zero-order valence-corrected chi connectivity index (χ0v) is 55.8. The van der Waals surface area contributed by atoms with Crippen molar-refractivity contribution in [2.24, 2.45) is 0 Å². The predicted octanol–water partition coefficient (Wildman–Crippen LogP) is 5.64. The number of ether oxygens (including phenoxy) is 6. The van der Waals surface area contributed by atoms with Crippen molar-refractivity contribution in [3.05, 3.63) is 47.8 Å². The normalized spacial score (nSPS) is 18.1. The van der Waals surface area contributed by atoms with E-state index in [4.69, 9.17) is 38.4 Å². The van der Waals surface area contributed by atoms with E-state index in [0.717, 1.165) is 11.1 Å². The molecule has 0 aromatic carbocycles. The van der Waals surface area contributed by atoms with Crippen molar-refractivity contribution in [3.8, 4) is 11.4 Å². The summed E-state index contributed by atoms with van der Waals surface area (Å²) in [4.78, 5) is 107. The van der Waals surface area contributed by atoms with Crippen LogP contribution in [0.5, 0.6) is 0 Å². The van der Waals surface area contributed by atoms with Gasteiger partial charge in [0.1, 0.15) is 33.6 Å². The molecule has 0 radical (unpaired) electrons. The number of carbonyl (C=O) groups is 6. The molecular formula is C64H108N10O12. The molecule has 2 aromatic rings. The molecule has 4 rings (SSSR count). The predicted molar refractivity (Wildman–Crippen MR) is 332 cm³/mol. The highest BCUT2D eigenvalue weighted by atomic mass is 16.6. The number of aromatic nitrogens is 2. The molecule has 486 valence electrons. The molecule has 0 atom stereocenters. The molecule has 86 heavy (non-hydrogen) atoms. The van der Waals surface area contributed by atoms with Crippen molar-refractivity contribution >= 4 is 35.8 Å². The van der Waals surface area contributed by atoms with E-state index in [2.05, 4.69) is 41.5 Å². The molecule has 2 aromatic heterocycles. The van der Waals surface area contributed by atoms with Gasteiger partial charge >= 0.3 is 35.8 Å². The Balaban J connectivity index is 1.64. The van der Waals surface area contributed by atoms with E-state index in [1.807, 2.05) is 147 Å². The Bertz CT molecular complexity index is 2230. The first-order valence-electron chi connectivity index (χ1n) is 30.7. The van der Waals surface area contributed by atoms with Gasteiger partial charge in [0.2, 0.25) is 0 Å². The molecule has 2 aliphatic rings. The molecule has 22 heteroatoms. The molecule has 2 aliphatic heterocycles. The van der Waals surface area contributed by atoms with Gasteiger partial charge in [-0.15, -0.1) is 0 Å². The van der Waals surface area contributed by atoms with E-state index < -0.39 is 33.6 Å². The highest BCUT2D eigenvalue weighted by Crippen LogP contribution is 2.21. The van der Waals surface area contributed by atoms with Gasteiger partial charge in [-0.05, 0) is 160 Å². The van der Waals surface area contributed by atoms with E-state index in [9.17, 15) is 28.8 Å². The van der Waals surface area contributed by atoms with Crippen molar-refractivity contribution in [1.29, 1.82) is 0 Å². The molecule has 2 fully saturated rings. The smallest absolute Gasteiger partial charge is 0.320 e. The molecule has 22 nitrogen and oxygen atoms in total. The Hall–Kier alpha value is -5.20. The number of hydrogen-bond acceptors (Lipinski definition) is 22. The van der Waals surface area contributed by atoms with Gasteiger partial charge in [-0.2, -0.15) is 0 Å². The summed E-state index contributed by atoms with van der Waals surface area (Å²) in [6.07, 6.45) is 3.59. The second-order valence-corrected chi connectivity index (χ2v) is 28.8. The van der Waals surface area contributed by atoms with Gasteiger partial charge in [0.25, 0.3) is 0 Å². The first-order valence-corrected chi connectivity index (χ1v) is 30.7. The number of pyridine rings is 2. The molecule has 0 amide bonds. The maximum Gasteiger partial charge on any atom is 0.320 e. The summed E-state index contributed by atoms with van der Waals surface area (Å²) >= 11 is 0. The summed E-state index contributed by atoms with van der Waals surface area (Å²) in [5, 5.41) is 0. The van der Waals surface area contributed by atoms with Crippen LogP contribution < -0.4 is 0 Å². The summed E-state index contributed by atoms with van der Waals surface area (Å²) in [5.74, 6) is -2.03. The van der Waals surface area contributed by atoms with E-state index in [1.54, 1.807) is 12.4 Å². The van der Waals surface area contributed by atoms with Crippen LogP contribution in [0.15, 0.2) is 36.7 Å². The van der Waals surface area contributed by atoms with Crippen LogP contribution in [0, 0.1) is 0 Å². The Morgan fingerprint density at radius 3 is 0.628 bits per heavy atom. The van der Waals surface area contributed by atoms with Gasteiger partial charge in [0, 0.05) is 130 Å². The van der Waals surface area contributed by atoms with Crippen molar-refractivity contribution in [2.75, 3.05) is 144 Å². The third kappa shape index (κ3) is 32.7. The quantitative estimate of drug-likeness (QED) is 0.139. The second-order valence-electron chi connectivity index (χ2n) is 28.8. The Morgan fingerprint density at radius 2 is 0.465 bits per heavy atom. The minimum atomic E-state index is -0.663. The lowest BCUT2D eigenvalue weighted by Gasteiger charge is -2.34. The highest BCUT2D eigenvalue weighted by Gasteiger charge is 2.29. The summed E-state index contributed by atoms with van der Waals surface area (Å²) in [6.45, 7) is 42.9. The van der Waals surface area contributed by atoms with E-state index in [1.165, 1.54) is 0 Å². The van der Waals surface area contributed by atoms with Crippen LogP contribution in [0.2, 0.25) is 0 Å². The SMILES string of the molecule is CC(C)(C)OC(=O)CN1CCN(CC(=O)OC(C)(C)C)CCN(Cc2ccnc(-c3cc(CN4CCN(CC(=O)OC(C)(C)C)CCN(CC(=O)OC(C)(C)C)CCN(CC(=O)OC(C)(C)C)CC4)ccn3)c2)CCN(CC(=O)OC(C)(C)C)CC1. The van der Waals surface area contributed by atoms with Crippen LogP contribution in [0.4, 0.5) is 0 Å². The first kappa shape index (κ1) is 73.3. The number of esters is 6. The van der Waals surface area contributed by atoms with Gasteiger partial charge in [-0.3, -0.25) is 77.9 Å². The highest BCUT2D eigenvalue weighted by molar-refractivity contribution is 5.74. The van der Waals surface area contributed by atoms with Gasteiger partial charge in [-0.25, -0.2) is 0 Å². The van der Waals surface area contributed by atoms with Crippen molar-refractivity contribution in [3.63, 3.8) is 0 Å². The molecule has 4 heterocycles. The van der Waals surface area contributed by atoms with E-state index >= 15 is 0 Å². The summed E-state index contributed by atoms with van der Waals surface area (Å²) < 4.78 is 34.6. The summed E-state index contributed by atoms with van der Waals surface area (Å²) in [7, 11) is 0. The monoisotopic (exact) mass is 1210 g/mol. The molecule has 0 unspecified atom stereocenters. The minimum Gasteiger partial charge on any atom is -0.459 e. The molecule has 0 N–H and O–H groups in total. The van der Waals surface area contributed by atoms with Gasteiger partial charge in [0.15, 0.2) is 0 Å². The van der Waals surface area contributed by atoms with Crippen LogP contribution in [-0.4, -0.2) is 263 Å². The third-order valence-electron chi connectivity index (χ3n) is 13.2. The van der Waals surface area contributed by atoms with E-state index in [0.29, 0.717) is 129 Å². The lowest BCUT2D eigenvalue weighted by molar-refractivity contribution is -0.158. The average Bonchev–Trinajstić information content (AvgIpc) is 3.08. The van der Waals surface area contributed by atoms with E-state index in [-0.39, 0.29) is 75.1 Å². The van der Waals surface area contributed by atoms with Crippen LogP contribution in [0.25, 0.3) is 11.4 Å². The largest absolute Gasteiger partial charge is 0.459 e. The van der Waals surface area contributed by atoms with Crippen LogP contribution in [0.1, 0.15) is 136 Å². The van der Waals surface area contributed by atoms with Crippen molar-refractivity contribution in [1.82, 2.24) is 49.2 Å². The Kier molecular flexibility index (Phi) is 28.0. The average molecular weight is 1210 g/mol. The zero-order chi connectivity index (χ0) is 64.3. The molecule has 2 saturated heterocycles. The summed E-state index contributed by atoms with van der Waals surface area (Å²) in [6, 6.07) is 8.10. The van der Waals surface area contributed by atoms with Crippen molar-refractivity contribution in [2.45, 2.75) is 171 Å². The molecule has 0 aliphatic carbocycles. The molecule has 0 spiro atoms. The second kappa shape index (κ2) is 32.9. The topological polar surface area (TPSA) is 209 Å². The van der Waals surface area contributed by atoms with Gasteiger partial charge in [-0.1, -0.05) is 0 Å². The third-order valence-corrected chi connectivity index (χ3v) is 13.2.